The second-order valence-corrected chi connectivity index (χ2v) is 6.43. The van der Waals surface area contributed by atoms with E-state index in [1.807, 2.05) is 29.0 Å². The van der Waals surface area contributed by atoms with E-state index in [-0.39, 0.29) is 0 Å². The molecule has 0 aliphatic heterocycles. The monoisotopic (exact) mass is 319 g/mol. The Balaban J connectivity index is 1.38. The third-order valence-corrected chi connectivity index (χ3v) is 4.81. The van der Waals surface area contributed by atoms with E-state index in [0.717, 1.165) is 30.6 Å². The van der Waals surface area contributed by atoms with Gasteiger partial charge < -0.3 is 15.0 Å². The lowest BCUT2D eigenvalue weighted by molar-refractivity contribution is 0.0384. The Kier molecular flexibility index (Phi) is 3.92. The Labute approximate surface area is 141 Å². The van der Waals surface area contributed by atoms with Gasteiger partial charge in [-0.25, -0.2) is 4.98 Å². The number of nitrogens with zero attached hydrogens (tertiary/aromatic N) is 2. The third kappa shape index (κ3) is 2.86. The Morgan fingerprint density at radius 2 is 1.96 bits per heavy atom. The smallest absolute Gasteiger partial charge is 0.103 e. The minimum absolute atomic E-state index is 0.577. The van der Waals surface area contributed by atoms with E-state index in [1.54, 1.807) is 12.5 Å². The van der Waals surface area contributed by atoms with E-state index < -0.39 is 5.60 Å². The molecule has 0 saturated carbocycles. The van der Waals surface area contributed by atoms with E-state index in [1.165, 1.54) is 11.1 Å². The van der Waals surface area contributed by atoms with Gasteiger partial charge in [-0.15, -0.1) is 0 Å². The number of nitrogens with one attached hydrogen (secondary N) is 1. The fourth-order valence-corrected chi connectivity index (χ4v) is 3.46. The molecule has 0 spiro atoms. The number of imidazole rings is 1. The van der Waals surface area contributed by atoms with Crippen molar-refractivity contribution in [2.45, 2.75) is 25.0 Å². The third-order valence-electron chi connectivity index (χ3n) is 4.81. The van der Waals surface area contributed by atoms with Crippen LogP contribution in [0.25, 0.3) is 5.69 Å². The first-order valence-corrected chi connectivity index (χ1v) is 8.33. The van der Waals surface area contributed by atoms with Gasteiger partial charge in [-0.05, 0) is 41.7 Å². The van der Waals surface area contributed by atoms with Crippen LogP contribution in [-0.2, 0) is 18.6 Å². The predicted octanol–water partition coefficient (Wildman–Crippen LogP) is 2.80. The number of aromatic nitrogens is 2. The first-order valence-electron chi connectivity index (χ1n) is 8.33. The minimum Gasteiger partial charge on any atom is -0.384 e. The van der Waals surface area contributed by atoms with Crippen molar-refractivity contribution in [3.63, 3.8) is 0 Å². The van der Waals surface area contributed by atoms with Gasteiger partial charge in [-0.3, -0.25) is 0 Å². The van der Waals surface area contributed by atoms with E-state index in [2.05, 4.69) is 40.6 Å². The molecule has 1 aliphatic carbocycles. The molecule has 4 rings (SSSR count). The molecular weight excluding hydrogens is 298 g/mol. The molecule has 0 amide bonds. The largest absolute Gasteiger partial charge is 0.384 e. The van der Waals surface area contributed by atoms with Crippen LogP contribution in [0.2, 0.25) is 0 Å². The Morgan fingerprint density at radius 1 is 1.12 bits per heavy atom. The molecular formula is C20H21N3O. The maximum absolute atomic E-state index is 10.9. The van der Waals surface area contributed by atoms with Crippen molar-refractivity contribution in [1.29, 1.82) is 0 Å². The van der Waals surface area contributed by atoms with Crippen molar-refractivity contribution in [3.05, 3.63) is 83.9 Å². The lowest BCUT2D eigenvalue weighted by Gasteiger charge is -2.24. The molecule has 1 atom stereocenters. The summed E-state index contributed by atoms with van der Waals surface area (Å²) in [4.78, 5) is 4.06. The molecule has 2 aromatic carbocycles. The van der Waals surface area contributed by atoms with Crippen LogP contribution in [0.4, 0.5) is 0 Å². The highest BCUT2D eigenvalue weighted by molar-refractivity contribution is 5.37. The second kappa shape index (κ2) is 6.23. The van der Waals surface area contributed by atoms with Crippen LogP contribution in [0.5, 0.6) is 0 Å². The Hall–Kier alpha value is -2.43. The quantitative estimate of drug-likeness (QED) is 0.760. The Bertz CT molecular complexity index is 811. The standard InChI is InChI=1S/C20H21N3O/c24-20(10-9-17-3-1-2-4-19(17)20)14-22-13-16-5-7-18(8-6-16)23-12-11-21-15-23/h1-8,11-12,15,22,24H,9-10,13-14H2. The summed E-state index contributed by atoms with van der Waals surface area (Å²) in [6, 6.07) is 16.6. The van der Waals surface area contributed by atoms with Crippen LogP contribution >= 0.6 is 0 Å². The summed E-state index contributed by atoms with van der Waals surface area (Å²) >= 11 is 0. The van der Waals surface area contributed by atoms with Gasteiger partial charge in [-0.2, -0.15) is 0 Å². The molecule has 122 valence electrons. The number of aryl methyl sites for hydroxylation is 1. The number of hydrogen-bond acceptors (Lipinski definition) is 3. The molecule has 4 nitrogen and oxygen atoms in total. The zero-order valence-corrected chi connectivity index (χ0v) is 13.5. The van der Waals surface area contributed by atoms with Crippen molar-refractivity contribution >= 4 is 0 Å². The molecule has 0 bridgehead atoms. The molecule has 1 unspecified atom stereocenters. The first kappa shape index (κ1) is 15.1. The summed E-state index contributed by atoms with van der Waals surface area (Å²) in [5.41, 5.74) is 3.90. The van der Waals surface area contributed by atoms with Crippen molar-refractivity contribution in [2.24, 2.45) is 0 Å². The average Bonchev–Trinajstić information content (AvgIpc) is 3.25. The van der Waals surface area contributed by atoms with Crippen LogP contribution in [0.1, 0.15) is 23.1 Å². The van der Waals surface area contributed by atoms with E-state index in [9.17, 15) is 5.11 Å². The van der Waals surface area contributed by atoms with Crippen LogP contribution < -0.4 is 5.32 Å². The van der Waals surface area contributed by atoms with Gasteiger partial charge in [0.15, 0.2) is 0 Å². The molecule has 1 heterocycles. The van der Waals surface area contributed by atoms with Crippen molar-refractivity contribution in [1.82, 2.24) is 14.9 Å². The zero-order chi connectivity index (χ0) is 16.4. The molecule has 0 saturated heterocycles. The van der Waals surface area contributed by atoms with Gasteiger partial charge in [-0.1, -0.05) is 36.4 Å². The van der Waals surface area contributed by atoms with Gasteiger partial charge in [0.2, 0.25) is 0 Å². The van der Waals surface area contributed by atoms with Crippen LogP contribution in [-0.4, -0.2) is 21.2 Å². The number of fused-ring (bicyclic) bond motifs is 1. The summed E-state index contributed by atoms with van der Waals surface area (Å²) in [6.45, 7) is 1.32. The van der Waals surface area contributed by atoms with Gasteiger partial charge in [0.1, 0.15) is 5.60 Å². The molecule has 2 N–H and O–H groups in total. The normalized spacial score (nSPS) is 19.4. The molecule has 1 aliphatic rings. The summed E-state index contributed by atoms with van der Waals surface area (Å²) in [5.74, 6) is 0. The fraction of sp³-hybridized carbons (Fsp3) is 0.250. The van der Waals surface area contributed by atoms with Gasteiger partial charge >= 0.3 is 0 Å². The van der Waals surface area contributed by atoms with E-state index in [4.69, 9.17) is 0 Å². The minimum atomic E-state index is -0.743. The van der Waals surface area contributed by atoms with Crippen molar-refractivity contribution < 1.29 is 5.11 Å². The predicted molar refractivity (Wildman–Crippen MR) is 93.9 cm³/mol. The molecule has 3 aromatic rings. The maximum atomic E-state index is 10.9. The van der Waals surface area contributed by atoms with Gasteiger partial charge in [0, 0.05) is 31.2 Å². The summed E-state index contributed by atoms with van der Waals surface area (Å²) < 4.78 is 1.98. The Morgan fingerprint density at radius 3 is 2.75 bits per heavy atom. The lowest BCUT2D eigenvalue weighted by Crippen LogP contribution is -2.35. The van der Waals surface area contributed by atoms with Crippen molar-refractivity contribution in [2.75, 3.05) is 6.54 Å². The molecule has 0 fully saturated rings. The highest BCUT2D eigenvalue weighted by atomic mass is 16.3. The fourth-order valence-electron chi connectivity index (χ4n) is 3.46. The zero-order valence-electron chi connectivity index (χ0n) is 13.5. The first-order chi connectivity index (χ1) is 11.7. The number of rotatable bonds is 5. The number of aliphatic hydroxyl groups is 1. The lowest BCUT2D eigenvalue weighted by atomic mass is 9.96. The summed E-state index contributed by atoms with van der Waals surface area (Å²) in [7, 11) is 0. The summed E-state index contributed by atoms with van der Waals surface area (Å²) in [5, 5.41) is 14.3. The van der Waals surface area contributed by atoms with Gasteiger partial charge in [0.05, 0.1) is 6.33 Å². The molecule has 1 aromatic heterocycles. The van der Waals surface area contributed by atoms with E-state index >= 15 is 0 Å². The average molecular weight is 319 g/mol. The van der Waals surface area contributed by atoms with Crippen LogP contribution in [0.15, 0.2) is 67.3 Å². The maximum Gasteiger partial charge on any atom is 0.103 e. The van der Waals surface area contributed by atoms with Crippen LogP contribution in [0.3, 0.4) is 0 Å². The highest BCUT2D eigenvalue weighted by Gasteiger charge is 2.35. The second-order valence-electron chi connectivity index (χ2n) is 6.43. The van der Waals surface area contributed by atoms with Gasteiger partial charge in [0.25, 0.3) is 0 Å². The van der Waals surface area contributed by atoms with E-state index in [0.29, 0.717) is 6.54 Å². The molecule has 4 heteroatoms. The summed E-state index contributed by atoms with van der Waals surface area (Å²) in [6.07, 6.45) is 7.24. The number of hydrogen-bond donors (Lipinski definition) is 2. The van der Waals surface area contributed by atoms with Crippen molar-refractivity contribution in [3.8, 4) is 5.69 Å². The van der Waals surface area contributed by atoms with Crippen LogP contribution in [0, 0.1) is 0 Å². The molecule has 0 radical (unpaired) electrons. The number of benzene rings is 2. The highest BCUT2D eigenvalue weighted by Crippen LogP contribution is 2.36. The molecule has 24 heavy (non-hydrogen) atoms. The SMILES string of the molecule is OC1(CNCc2ccc(-n3ccnc3)cc2)CCc2ccccc21. The topological polar surface area (TPSA) is 50.1 Å².